The van der Waals surface area contributed by atoms with Crippen molar-refractivity contribution in [3.63, 3.8) is 0 Å². The number of imidazole rings is 1. The van der Waals surface area contributed by atoms with E-state index < -0.39 is 0 Å². The first-order valence-corrected chi connectivity index (χ1v) is 9.28. The van der Waals surface area contributed by atoms with E-state index in [2.05, 4.69) is 11.9 Å². The molecule has 0 saturated carbocycles. The third-order valence-electron chi connectivity index (χ3n) is 4.89. The molecule has 144 valence electrons. The monoisotopic (exact) mass is 371 g/mol. The smallest absolute Gasteiger partial charge is 0.290 e. The van der Waals surface area contributed by atoms with Crippen molar-refractivity contribution in [2.24, 2.45) is 0 Å². The molecule has 2 aromatic heterocycles. The van der Waals surface area contributed by atoms with Gasteiger partial charge in [-0.15, -0.1) is 0 Å². The van der Waals surface area contributed by atoms with Gasteiger partial charge in [0.2, 0.25) is 12.2 Å². The van der Waals surface area contributed by atoms with Crippen LogP contribution in [0.4, 0.5) is 0 Å². The van der Waals surface area contributed by atoms with E-state index in [-0.39, 0.29) is 17.6 Å². The number of unbranched alkanes of at least 4 members (excludes halogenated alkanes) is 1. The fourth-order valence-electron chi connectivity index (χ4n) is 3.20. The highest BCUT2D eigenvalue weighted by atomic mass is 16.2. The van der Waals surface area contributed by atoms with Gasteiger partial charge in [-0.3, -0.25) is 18.8 Å². The number of pyridine rings is 1. The molecule has 0 N–H and O–H groups in total. The van der Waals surface area contributed by atoms with E-state index in [1.807, 2.05) is 12.1 Å². The number of amides is 3. The second kappa shape index (κ2) is 8.20. The maximum Gasteiger partial charge on any atom is 0.290 e. The van der Waals surface area contributed by atoms with Crippen molar-refractivity contribution in [2.75, 3.05) is 39.8 Å². The molecule has 8 heteroatoms. The number of carbonyl (C=O) groups is 3. The Morgan fingerprint density at radius 2 is 1.96 bits per heavy atom. The van der Waals surface area contributed by atoms with Gasteiger partial charge in [0.1, 0.15) is 0 Å². The van der Waals surface area contributed by atoms with E-state index in [4.69, 9.17) is 0 Å². The van der Waals surface area contributed by atoms with Gasteiger partial charge in [0, 0.05) is 46.0 Å². The van der Waals surface area contributed by atoms with Crippen LogP contribution in [0.3, 0.4) is 0 Å². The maximum absolute atomic E-state index is 13.0. The van der Waals surface area contributed by atoms with Crippen LogP contribution in [-0.4, -0.2) is 82.1 Å². The first-order valence-electron chi connectivity index (χ1n) is 9.28. The lowest BCUT2D eigenvalue weighted by Gasteiger charge is -2.32. The molecule has 1 fully saturated rings. The predicted molar refractivity (Wildman–Crippen MR) is 101 cm³/mol. The molecule has 0 atom stereocenters. The fourth-order valence-corrected chi connectivity index (χ4v) is 3.20. The number of piperazine rings is 1. The number of aromatic nitrogens is 2. The summed E-state index contributed by atoms with van der Waals surface area (Å²) >= 11 is 0. The Bertz CT molecular complexity index is 839. The average Bonchev–Trinajstić information content (AvgIpc) is 3.10. The first-order chi connectivity index (χ1) is 13.1. The minimum atomic E-state index is -0.225. The fraction of sp³-hybridized carbons (Fsp3) is 0.474. The van der Waals surface area contributed by atoms with Crippen LogP contribution in [0.5, 0.6) is 0 Å². The topological polar surface area (TPSA) is 78.2 Å². The summed E-state index contributed by atoms with van der Waals surface area (Å²) in [4.78, 5) is 46.1. The highest BCUT2D eigenvalue weighted by Crippen LogP contribution is 2.17. The minimum absolute atomic E-state index is 0.183. The van der Waals surface area contributed by atoms with Gasteiger partial charge in [-0.05, 0) is 18.6 Å². The Balaban J connectivity index is 1.89. The minimum Gasteiger partial charge on any atom is -0.342 e. The number of rotatable bonds is 6. The van der Waals surface area contributed by atoms with Crippen molar-refractivity contribution >= 4 is 23.7 Å². The standard InChI is InChI=1S/C19H25N5O3/c1-3-4-8-21(2)18(26)16-15-7-5-6-9-24(15)17(20-16)19(27)23-12-10-22(14-25)11-13-23/h5-7,9,14H,3-4,8,10-13H2,1-2H3. The van der Waals surface area contributed by atoms with E-state index in [9.17, 15) is 14.4 Å². The highest BCUT2D eigenvalue weighted by molar-refractivity contribution is 6.02. The zero-order chi connectivity index (χ0) is 19.4. The summed E-state index contributed by atoms with van der Waals surface area (Å²) in [6, 6.07) is 5.44. The second-order valence-electron chi connectivity index (χ2n) is 6.75. The van der Waals surface area contributed by atoms with Crippen molar-refractivity contribution in [2.45, 2.75) is 19.8 Å². The summed E-state index contributed by atoms with van der Waals surface area (Å²) in [5.41, 5.74) is 0.921. The lowest BCUT2D eigenvalue weighted by atomic mass is 10.2. The van der Waals surface area contributed by atoms with Crippen LogP contribution < -0.4 is 0 Å². The molecule has 27 heavy (non-hydrogen) atoms. The van der Waals surface area contributed by atoms with Crippen LogP contribution in [0.1, 0.15) is 40.9 Å². The SMILES string of the molecule is CCCCN(C)C(=O)c1nc(C(=O)N2CCN(C=O)CC2)n2ccccc12. The molecule has 3 heterocycles. The molecule has 0 radical (unpaired) electrons. The Morgan fingerprint density at radius 3 is 2.63 bits per heavy atom. The third kappa shape index (κ3) is 3.79. The van der Waals surface area contributed by atoms with Gasteiger partial charge >= 0.3 is 0 Å². The summed E-state index contributed by atoms with van der Waals surface area (Å²) in [6.45, 7) is 4.65. The first kappa shape index (κ1) is 18.9. The number of fused-ring (bicyclic) bond motifs is 1. The summed E-state index contributed by atoms with van der Waals surface area (Å²) < 4.78 is 1.68. The molecular formula is C19H25N5O3. The molecule has 0 unspecified atom stereocenters. The van der Waals surface area contributed by atoms with Crippen LogP contribution in [0.2, 0.25) is 0 Å². The molecule has 8 nitrogen and oxygen atoms in total. The molecule has 0 spiro atoms. The molecule has 1 saturated heterocycles. The van der Waals surface area contributed by atoms with Gasteiger partial charge in [0.05, 0.1) is 5.52 Å². The van der Waals surface area contributed by atoms with Crippen molar-refractivity contribution < 1.29 is 14.4 Å². The maximum atomic E-state index is 13.0. The van der Waals surface area contributed by atoms with Crippen molar-refractivity contribution in [3.8, 4) is 0 Å². The molecule has 1 aliphatic rings. The van der Waals surface area contributed by atoms with Gasteiger partial charge in [0.15, 0.2) is 5.69 Å². The van der Waals surface area contributed by atoms with Crippen LogP contribution in [-0.2, 0) is 4.79 Å². The summed E-state index contributed by atoms with van der Waals surface area (Å²) in [7, 11) is 1.76. The molecule has 0 bridgehead atoms. The summed E-state index contributed by atoms with van der Waals surface area (Å²) in [5.74, 6) is -0.175. The lowest BCUT2D eigenvalue weighted by Crippen LogP contribution is -2.48. The van der Waals surface area contributed by atoms with E-state index in [1.165, 1.54) is 0 Å². The Kier molecular flexibility index (Phi) is 5.73. The summed E-state index contributed by atoms with van der Waals surface area (Å²) in [6.07, 6.45) is 4.47. The van der Waals surface area contributed by atoms with Gasteiger partial charge in [-0.2, -0.15) is 0 Å². The molecule has 3 rings (SSSR count). The zero-order valence-electron chi connectivity index (χ0n) is 15.8. The molecule has 2 aromatic rings. The van der Waals surface area contributed by atoms with Gasteiger partial charge in [-0.25, -0.2) is 4.98 Å². The largest absolute Gasteiger partial charge is 0.342 e. The Hall–Kier alpha value is -2.90. The van der Waals surface area contributed by atoms with E-state index >= 15 is 0 Å². The van der Waals surface area contributed by atoms with Crippen LogP contribution in [0.25, 0.3) is 5.52 Å². The molecule has 3 amide bonds. The van der Waals surface area contributed by atoms with Crippen LogP contribution >= 0.6 is 0 Å². The highest BCUT2D eigenvalue weighted by Gasteiger charge is 2.28. The van der Waals surface area contributed by atoms with E-state index in [0.717, 1.165) is 19.3 Å². The van der Waals surface area contributed by atoms with Crippen molar-refractivity contribution in [3.05, 3.63) is 35.9 Å². The molecule has 0 aromatic carbocycles. The molecular weight excluding hydrogens is 346 g/mol. The summed E-state index contributed by atoms with van der Waals surface area (Å²) in [5, 5.41) is 0. The quantitative estimate of drug-likeness (QED) is 0.713. The number of carbonyl (C=O) groups excluding carboxylic acids is 3. The number of hydrogen-bond donors (Lipinski definition) is 0. The normalized spacial score (nSPS) is 14.4. The Morgan fingerprint density at radius 1 is 1.22 bits per heavy atom. The lowest BCUT2D eigenvalue weighted by molar-refractivity contribution is -0.119. The predicted octanol–water partition coefficient (Wildman–Crippen LogP) is 1.12. The number of nitrogens with zero attached hydrogens (tertiary/aromatic N) is 5. The van der Waals surface area contributed by atoms with Gasteiger partial charge in [-0.1, -0.05) is 19.4 Å². The molecule has 1 aliphatic heterocycles. The van der Waals surface area contributed by atoms with Crippen molar-refractivity contribution in [1.82, 2.24) is 24.1 Å². The zero-order valence-corrected chi connectivity index (χ0v) is 15.8. The molecule has 0 aliphatic carbocycles. The van der Waals surface area contributed by atoms with Gasteiger partial charge < -0.3 is 14.7 Å². The third-order valence-corrected chi connectivity index (χ3v) is 4.89. The van der Waals surface area contributed by atoms with E-state index in [1.54, 1.807) is 38.4 Å². The van der Waals surface area contributed by atoms with Crippen LogP contribution in [0.15, 0.2) is 24.4 Å². The van der Waals surface area contributed by atoms with Crippen LogP contribution in [0, 0.1) is 0 Å². The second-order valence-corrected chi connectivity index (χ2v) is 6.75. The van der Waals surface area contributed by atoms with Gasteiger partial charge in [0.25, 0.3) is 11.8 Å². The Labute approximate surface area is 158 Å². The van der Waals surface area contributed by atoms with Crippen molar-refractivity contribution in [1.29, 1.82) is 0 Å². The average molecular weight is 371 g/mol. The number of hydrogen-bond acceptors (Lipinski definition) is 4. The van der Waals surface area contributed by atoms with E-state index in [0.29, 0.717) is 43.9 Å².